The van der Waals surface area contributed by atoms with Crippen LogP contribution in [0.25, 0.3) is 0 Å². The van der Waals surface area contributed by atoms with Gasteiger partial charge in [0, 0.05) is 18.8 Å². The van der Waals surface area contributed by atoms with Gasteiger partial charge >= 0.3 is 0 Å². The zero-order valence-corrected chi connectivity index (χ0v) is 10.2. The number of hydrogen-bond donors (Lipinski definition) is 1. The predicted molar refractivity (Wildman–Crippen MR) is 64.0 cm³/mol. The molecule has 0 amide bonds. The molecule has 3 nitrogen and oxygen atoms in total. The topological polar surface area (TPSA) is 29.9 Å². The fourth-order valence-corrected chi connectivity index (χ4v) is 1.77. The van der Waals surface area contributed by atoms with Gasteiger partial charge in [0.1, 0.15) is 0 Å². The number of hydrogen-bond acceptors (Lipinski definition) is 2. The van der Waals surface area contributed by atoms with Gasteiger partial charge < -0.3 is 5.32 Å². The van der Waals surface area contributed by atoms with Crippen molar-refractivity contribution in [3.8, 4) is 0 Å². The van der Waals surface area contributed by atoms with E-state index >= 15 is 0 Å². The Kier molecular flexibility index (Phi) is 5.40. The molecular weight excluding hydrogens is 186 g/mol. The molecule has 0 bridgehead atoms. The lowest BCUT2D eigenvalue weighted by molar-refractivity contribution is 0.439. The molecule has 1 N–H and O–H groups in total. The zero-order valence-electron chi connectivity index (χ0n) is 10.2. The molecule has 3 heteroatoms. The van der Waals surface area contributed by atoms with Crippen molar-refractivity contribution >= 4 is 0 Å². The number of aryl methyl sites for hydroxylation is 1. The lowest BCUT2D eigenvalue weighted by Crippen LogP contribution is -2.31. The molecule has 0 aliphatic carbocycles. The van der Waals surface area contributed by atoms with Crippen LogP contribution in [0.4, 0.5) is 0 Å². The third-order valence-corrected chi connectivity index (χ3v) is 2.67. The Hall–Kier alpha value is -0.830. The fourth-order valence-electron chi connectivity index (χ4n) is 1.77. The van der Waals surface area contributed by atoms with Crippen molar-refractivity contribution in [1.29, 1.82) is 0 Å². The quantitative estimate of drug-likeness (QED) is 0.747. The molecule has 1 aromatic rings. The van der Waals surface area contributed by atoms with E-state index in [2.05, 4.69) is 37.4 Å². The lowest BCUT2D eigenvalue weighted by Gasteiger charge is -2.15. The minimum atomic E-state index is 0.673. The molecule has 0 saturated heterocycles. The summed E-state index contributed by atoms with van der Waals surface area (Å²) in [6.45, 7) is 8.53. The van der Waals surface area contributed by atoms with Crippen molar-refractivity contribution in [3.63, 3.8) is 0 Å². The van der Waals surface area contributed by atoms with Gasteiger partial charge in [0.15, 0.2) is 0 Å². The standard InChI is InChI=1S/C12H23N3/c1-4-6-12(5-2)13-7-8-15-10-11(3)9-14-15/h9-10,12-13H,4-8H2,1-3H3. The van der Waals surface area contributed by atoms with E-state index in [9.17, 15) is 0 Å². The van der Waals surface area contributed by atoms with Crippen LogP contribution in [0.3, 0.4) is 0 Å². The van der Waals surface area contributed by atoms with Gasteiger partial charge in [0.25, 0.3) is 0 Å². The van der Waals surface area contributed by atoms with E-state index in [1.165, 1.54) is 24.8 Å². The Morgan fingerprint density at radius 1 is 1.47 bits per heavy atom. The predicted octanol–water partition coefficient (Wildman–Crippen LogP) is 2.36. The second kappa shape index (κ2) is 6.62. The van der Waals surface area contributed by atoms with E-state index in [0.29, 0.717) is 6.04 Å². The SMILES string of the molecule is CCCC(CC)NCCn1cc(C)cn1. The van der Waals surface area contributed by atoms with E-state index in [0.717, 1.165) is 13.1 Å². The highest BCUT2D eigenvalue weighted by molar-refractivity contribution is 4.99. The zero-order chi connectivity index (χ0) is 11.1. The van der Waals surface area contributed by atoms with Gasteiger partial charge in [-0.05, 0) is 25.3 Å². The number of aromatic nitrogens is 2. The number of nitrogens with one attached hydrogen (secondary N) is 1. The van der Waals surface area contributed by atoms with Crippen LogP contribution in [0, 0.1) is 6.92 Å². The molecule has 1 rings (SSSR count). The van der Waals surface area contributed by atoms with Crippen molar-refractivity contribution in [3.05, 3.63) is 18.0 Å². The fraction of sp³-hybridized carbons (Fsp3) is 0.750. The molecule has 1 aromatic heterocycles. The van der Waals surface area contributed by atoms with E-state index in [-0.39, 0.29) is 0 Å². The molecule has 0 aliphatic heterocycles. The minimum Gasteiger partial charge on any atom is -0.312 e. The first kappa shape index (κ1) is 12.2. The highest BCUT2D eigenvalue weighted by Crippen LogP contribution is 2.00. The van der Waals surface area contributed by atoms with Gasteiger partial charge in [-0.15, -0.1) is 0 Å². The molecule has 1 heterocycles. The third kappa shape index (κ3) is 4.47. The molecule has 0 spiro atoms. The lowest BCUT2D eigenvalue weighted by atomic mass is 10.1. The van der Waals surface area contributed by atoms with Gasteiger partial charge in [-0.1, -0.05) is 20.3 Å². The van der Waals surface area contributed by atoms with E-state index in [1.807, 2.05) is 10.9 Å². The van der Waals surface area contributed by atoms with Crippen molar-refractivity contribution in [2.45, 2.75) is 52.6 Å². The summed E-state index contributed by atoms with van der Waals surface area (Å²) < 4.78 is 2.00. The molecular formula is C12H23N3. The van der Waals surface area contributed by atoms with Crippen LogP contribution >= 0.6 is 0 Å². The second-order valence-electron chi connectivity index (χ2n) is 4.13. The summed E-state index contributed by atoms with van der Waals surface area (Å²) in [7, 11) is 0. The average molecular weight is 209 g/mol. The normalized spacial score (nSPS) is 13.0. The molecule has 15 heavy (non-hydrogen) atoms. The smallest absolute Gasteiger partial charge is 0.0534 e. The van der Waals surface area contributed by atoms with E-state index in [4.69, 9.17) is 0 Å². The molecule has 86 valence electrons. The summed E-state index contributed by atoms with van der Waals surface area (Å²) in [6, 6.07) is 0.673. The van der Waals surface area contributed by atoms with Crippen LogP contribution in [-0.2, 0) is 6.54 Å². The molecule has 0 radical (unpaired) electrons. The Bertz CT molecular complexity index is 268. The Morgan fingerprint density at radius 2 is 2.27 bits per heavy atom. The maximum atomic E-state index is 4.26. The van der Waals surface area contributed by atoms with Gasteiger partial charge in [0.05, 0.1) is 12.7 Å². The maximum absolute atomic E-state index is 4.26. The highest BCUT2D eigenvalue weighted by atomic mass is 15.3. The number of nitrogens with zero attached hydrogens (tertiary/aromatic N) is 2. The summed E-state index contributed by atoms with van der Waals surface area (Å²) in [5.74, 6) is 0. The summed E-state index contributed by atoms with van der Waals surface area (Å²) >= 11 is 0. The Labute approximate surface area is 92.9 Å². The molecule has 0 fully saturated rings. The van der Waals surface area contributed by atoms with Crippen LogP contribution in [0.1, 0.15) is 38.7 Å². The third-order valence-electron chi connectivity index (χ3n) is 2.67. The van der Waals surface area contributed by atoms with Crippen LogP contribution in [-0.4, -0.2) is 22.4 Å². The largest absolute Gasteiger partial charge is 0.312 e. The first-order valence-corrected chi connectivity index (χ1v) is 5.98. The highest BCUT2D eigenvalue weighted by Gasteiger charge is 2.03. The average Bonchev–Trinajstić information content (AvgIpc) is 2.63. The summed E-state index contributed by atoms with van der Waals surface area (Å²) in [4.78, 5) is 0. The van der Waals surface area contributed by atoms with Crippen LogP contribution in [0.2, 0.25) is 0 Å². The van der Waals surface area contributed by atoms with Gasteiger partial charge in [-0.3, -0.25) is 4.68 Å². The van der Waals surface area contributed by atoms with Crippen LogP contribution in [0.5, 0.6) is 0 Å². The first-order chi connectivity index (χ1) is 7.26. The molecule has 1 atom stereocenters. The summed E-state index contributed by atoms with van der Waals surface area (Å²) in [5.41, 5.74) is 1.23. The summed E-state index contributed by atoms with van der Waals surface area (Å²) in [5, 5.41) is 7.83. The molecule has 0 saturated carbocycles. The van der Waals surface area contributed by atoms with Crippen LogP contribution in [0.15, 0.2) is 12.4 Å². The molecule has 1 unspecified atom stereocenters. The maximum Gasteiger partial charge on any atom is 0.0534 e. The van der Waals surface area contributed by atoms with Gasteiger partial charge in [0.2, 0.25) is 0 Å². The van der Waals surface area contributed by atoms with Gasteiger partial charge in [-0.2, -0.15) is 5.10 Å². The first-order valence-electron chi connectivity index (χ1n) is 5.98. The van der Waals surface area contributed by atoms with Crippen LogP contribution < -0.4 is 5.32 Å². The van der Waals surface area contributed by atoms with Crippen molar-refractivity contribution in [2.24, 2.45) is 0 Å². The van der Waals surface area contributed by atoms with Gasteiger partial charge in [-0.25, -0.2) is 0 Å². The Balaban J connectivity index is 2.20. The second-order valence-corrected chi connectivity index (χ2v) is 4.13. The van der Waals surface area contributed by atoms with E-state index < -0.39 is 0 Å². The molecule has 0 aromatic carbocycles. The van der Waals surface area contributed by atoms with Crippen molar-refractivity contribution in [1.82, 2.24) is 15.1 Å². The van der Waals surface area contributed by atoms with Crippen molar-refractivity contribution in [2.75, 3.05) is 6.54 Å². The molecule has 0 aliphatic rings. The minimum absolute atomic E-state index is 0.673. The van der Waals surface area contributed by atoms with E-state index in [1.54, 1.807) is 0 Å². The van der Waals surface area contributed by atoms with Crippen molar-refractivity contribution < 1.29 is 0 Å². The monoisotopic (exact) mass is 209 g/mol. The summed E-state index contributed by atoms with van der Waals surface area (Å²) in [6.07, 6.45) is 7.73. The number of rotatable bonds is 7. The Morgan fingerprint density at radius 3 is 2.80 bits per heavy atom.